The third-order valence-corrected chi connectivity index (χ3v) is 1.74. The second kappa shape index (κ2) is 2.45. The van der Waals surface area contributed by atoms with E-state index < -0.39 is 0 Å². The van der Waals surface area contributed by atoms with Gasteiger partial charge in [0.15, 0.2) is 0 Å². The van der Waals surface area contributed by atoms with Crippen LogP contribution >= 0.6 is 22.6 Å². The number of hydrogen-bond acceptors (Lipinski definition) is 1. The van der Waals surface area contributed by atoms with Gasteiger partial charge in [-0.15, -0.1) is 0 Å². The van der Waals surface area contributed by atoms with Crippen molar-refractivity contribution in [2.75, 3.05) is 6.54 Å². The van der Waals surface area contributed by atoms with Crippen molar-refractivity contribution in [1.29, 1.82) is 0 Å². The number of rotatable bonds is 0. The lowest BCUT2D eigenvalue weighted by Crippen LogP contribution is -1.86. The van der Waals surface area contributed by atoms with E-state index in [1.165, 1.54) is 3.58 Å². The van der Waals surface area contributed by atoms with Gasteiger partial charge in [-0.1, -0.05) is 0 Å². The first-order chi connectivity index (χ1) is 3.39. The predicted octanol–water partition coefficient (Wildman–Crippen LogP) is 1.78. The summed E-state index contributed by atoms with van der Waals surface area (Å²) in [6.45, 7) is 0.981. The van der Waals surface area contributed by atoms with Gasteiger partial charge in [0.25, 0.3) is 0 Å². The molecule has 1 aliphatic heterocycles. The Morgan fingerprint density at radius 2 is 2.57 bits per heavy atom. The van der Waals surface area contributed by atoms with Crippen molar-refractivity contribution < 1.29 is 0 Å². The number of dihydropyridines is 1. The number of allylic oxidation sites excluding steroid dienone is 1. The van der Waals surface area contributed by atoms with Gasteiger partial charge >= 0.3 is 0 Å². The molecule has 0 N–H and O–H groups in total. The summed E-state index contributed by atoms with van der Waals surface area (Å²) in [6, 6.07) is 0. The Kier molecular flexibility index (Phi) is 1.85. The highest BCUT2D eigenvalue weighted by molar-refractivity contribution is 14.1. The lowest BCUT2D eigenvalue weighted by atomic mass is 10.3. The molecule has 0 aromatic carbocycles. The Hall–Kier alpha value is 0.140. The zero-order chi connectivity index (χ0) is 5.11. The van der Waals surface area contributed by atoms with Crippen molar-refractivity contribution in [2.45, 2.75) is 6.42 Å². The minimum Gasteiger partial charge on any atom is -0.293 e. The third kappa shape index (κ3) is 1.59. The van der Waals surface area contributed by atoms with Crippen molar-refractivity contribution >= 4 is 28.8 Å². The lowest BCUT2D eigenvalue weighted by Gasteiger charge is -1.96. The molecule has 0 saturated carbocycles. The average molecular weight is 207 g/mol. The molecule has 0 aromatic rings. The van der Waals surface area contributed by atoms with Crippen LogP contribution in [-0.4, -0.2) is 12.8 Å². The highest BCUT2D eigenvalue weighted by Crippen LogP contribution is 2.11. The Morgan fingerprint density at radius 1 is 1.71 bits per heavy atom. The van der Waals surface area contributed by atoms with E-state index in [1.54, 1.807) is 0 Å². The van der Waals surface area contributed by atoms with E-state index in [2.05, 4.69) is 27.6 Å². The smallest absolute Gasteiger partial charge is 0.0434 e. The van der Waals surface area contributed by atoms with Gasteiger partial charge in [0, 0.05) is 12.8 Å². The van der Waals surface area contributed by atoms with E-state index >= 15 is 0 Å². The SMILES string of the molecule is IC1=CC=NCC1. The Bertz CT molecular complexity index is 115. The summed E-state index contributed by atoms with van der Waals surface area (Å²) >= 11 is 2.33. The predicted molar refractivity (Wildman–Crippen MR) is 40.1 cm³/mol. The lowest BCUT2D eigenvalue weighted by molar-refractivity contribution is 0.997. The molecule has 1 nitrogen and oxygen atoms in total. The Balaban J connectivity index is 2.57. The molecule has 0 fully saturated rings. The molecule has 1 aliphatic rings. The summed E-state index contributed by atoms with van der Waals surface area (Å²) in [6.07, 6.45) is 5.05. The fourth-order valence-electron chi connectivity index (χ4n) is 0.463. The first-order valence-electron chi connectivity index (χ1n) is 2.24. The van der Waals surface area contributed by atoms with Gasteiger partial charge in [0.2, 0.25) is 0 Å². The fourth-order valence-corrected chi connectivity index (χ4v) is 0.865. The second-order valence-corrected chi connectivity index (χ2v) is 2.80. The van der Waals surface area contributed by atoms with Gasteiger partial charge in [0.1, 0.15) is 0 Å². The molecule has 0 aliphatic carbocycles. The molecule has 0 bridgehead atoms. The maximum atomic E-state index is 4.02. The summed E-state index contributed by atoms with van der Waals surface area (Å²) in [5.41, 5.74) is 0. The maximum absolute atomic E-state index is 4.02. The van der Waals surface area contributed by atoms with Crippen molar-refractivity contribution in [3.05, 3.63) is 9.66 Å². The molecule has 0 amide bonds. The molecule has 0 saturated heterocycles. The van der Waals surface area contributed by atoms with Gasteiger partial charge in [-0.3, -0.25) is 4.99 Å². The quantitative estimate of drug-likeness (QED) is 0.537. The van der Waals surface area contributed by atoms with Crippen LogP contribution in [0.4, 0.5) is 0 Å². The first-order valence-corrected chi connectivity index (χ1v) is 3.32. The van der Waals surface area contributed by atoms with Crippen molar-refractivity contribution in [1.82, 2.24) is 0 Å². The van der Waals surface area contributed by atoms with Gasteiger partial charge in [-0.2, -0.15) is 0 Å². The molecular formula is C5H6IN. The van der Waals surface area contributed by atoms with E-state index in [-0.39, 0.29) is 0 Å². The zero-order valence-electron chi connectivity index (χ0n) is 3.89. The highest BCUT2D eigenvalue weighted by Gasteiger charge is 1.91. The van der Waals surface area contributed by atoms with E-state index in [0.29, 0.717) is 0 Å². The molecule has 0 spiro atoms. The molecular weight excluding hydrogens is 201 g/mol. The standard InChI is InChI=1S/C5H6IN/c6-5-1-3-7-4-2-5/h1,3H,2,4H2. The van der Waals surface area contributed by atoms with Crippen LogP contribution in [0.1, 0.15) is 6.42 Å². The molecule has 0 atom stereocenters. The summed E-state index contributed by atoms with van der Waals surface area (Å²) in [7, 11) is 0. The van der Waals surface area contributed by atoms with Crippen molar-refractivity contribution in [2.24, 2.45) is 4.99 Å². The fraction of sp³-hybridized carbons (Fsp3) is 0.400. The Morgan fingerprint density at radius 3 is 2.86 bits per heavy atom. The van der Waals surface area contributed by atoms with Crippen LogP contribution in [0.25, 0.3) is 0 Å². The largest absolute Gasteiger partial charge is 0.293 e. The van der Waals surface area contributed by atoms with Gasteiger partial charge in [-0.25, -0.2) is 0 Å². The molecule has 2 heteroatoms. The summed E-state index contributed by atoms with van der Waals surface area (Å²) in [4.78, 5) is 4.02. The van der Waals surface area contributed by atoms with E-state index in [0.717, 1.165) is 13.0 Å². The number of halogens is 1. The molecule has 0 aromatic heterocycles. The second-order valence-electron chi connectivity index (χ2n) is 1.42. The van der Waals surface area contributed by atoms with E-state index in [4.69, 9.17) is 0 Å². The third-order valence-electron chi connectivity index (χ3n) is 0.841. The molecule has 38 valence electrons. The van der Waals surface area contributed by atoms with E-state index in [9.17, 15) is 0 Å². The summed E-state index contributed by atoms with van der Waals surface area (Å²) in [5, 5.41) is 0. The van der Waals surface area contributed by atoms with Crippen LogP contribution < -0.4 is 0 Å². The molecule has 7 heavy (non-hydrogen) atoms. The molecule has 1 heterocycles. The Labute approximate surface area is 56.7 Å². The molecule has 0 unspecified atom stereocenters. The monoisotopic (exact) mass is 207 g/mol. The van der Waals surface area contributed by atoms with Crippen LogP contribution in [0.5, 0.6) is 0 Å². The van der Waals surface area contributed by atoms with Crippen LogP contribution in [0, 0.1) is 0 Å². The van der Waals surface area contributed by atoms with Gasteiger partial charge < -0.3 is 0 Å². The molecule has 1 rings (SSSR count). The normalized spacial score (nSPS) is 19.3. The maximum Gasteiger partial charge on any atom is 0.0434 e. The van der Waals surface area contributed by atoms with Crippen LogP contribution in [-0.2, 0) is 0 Å². The van der Waals surface area contributed by atoms with Gasteiger partial charge in [-0.05, 0) is 38.7 Å². The van der Waals surface area contributed by atoms with Crippen LogP contribution in [0.3, 0.4) is 0 Å². The molecule has 0 radical (unpaired) electrons. The average Bonchev–Trinajstić information content (AvgIpc) is 1.69. The van der Waals surface area contributed by atoms with Gasteiger partial charge in [0.05, 0.1) is 0 Å². The van der Waals surface area contributed by atoms with Crippen molar-refractivity contribution in [3.63, 3.8) is 0 Å². The van der Waals surface area contributed by atoms with Crippen LogP contribution in [0.15, 0.2) is 14.6 Å². The minimum atomic E-state index is 0.981. The summed E-state index contributed by atoms with van der Waals surface area (Å²) in [5.74, 6) is 0. The highest BCUT2D eigenvalue weighted by atomic mass is 127. The number of hydrogen-bond donors (Lipinski definition) is 0. The topological polar surface area (TPSA) is 12.4 Å². The zero-order valence-corrected chi connectivity index (χ0v) is 6.05. The minimum absolute atomic E-state index is 0.981. The van der Waals surface area contributed by atoms with Crippen LogP contribution in [0.2, 0.25) is 0 Å². The first kappa shape index (κ1) is 5.28. The number of aliphatic imine (C=N–C) groups is 1. The summed E-state index contributed by atoms with van der Waals surface area (Å²) < 4.78 is 1.41. The van der Waals surface area contributed by atoms with E-state index in [1.807, 2.05) is 12.3 Å². The van der Waals surface area contributed by atoms with Crippen molar-refractivity contribution in [3.8, 4) is 0 Å². The number of nitrogens with zero attached hydrogens (tertiary/aromatic N) is 1.